The highest BCUT2D eigenvalue weighted by Crippen LogP contribution is 2.33. The van der Waals surface area contributed by atoms with Crippen molar-refractivity contribution >= 4 is 21.4 Å². The molecule has 1 heterocycles. The lowest BCUT2D eigenvalue weighted by atomic mass is 9.99. The number of nitrogens with zero attached hydrogens (tertiary/aromatic N) is 4. The van der Waals surface area contributed by atoms with Crippen LogP contribution < -0.4 is 10.3 Å². The van der Waals surface area contributed by atoms with Crippen molar-refractivity contribution in [3.8, 4) is 11.9 Å². The van der Waals surface area contributed by atoms with Crippen molar-refractivity contribution in [2.45, 2.75) is 77.7 Å². The third-order valence-electron chi connectivity index (χ3n) is 5.99. The van der Waals surface area contributed by atoms with E-state index in [1.165, 1.54) is 28.8 Å². The summed E-state index contributed by atoms with van der Waals surface area (Å²) < 4.78 is 28.4. The lowest BCUT2D eigenvalue weighted by molar-refractivity contribution is 0.340. The summed E-state index contributed by atoms with van der Waals surface area (Å²) in [6.45, 7) is 8.31. The summed E-state index contributed by atoms with van der Waals surface area (Å²) in [5.74, 6) is -0.150. The molecule has 35 heavy (non-hydrogen) atoms. The molecule has 0 fully saturated rings. The van der Waals surface area contributed by atoms with Gasteiger partial charge in [0.2, 0.25) is 15.9 Å². The zero-order valence-corrected chi connectivity index (χ0v) is 21.7. The maximum Gasteiger partial charge on any atom is 0.271 e. The van der Waals surface area contributed by atoms with Crippen LogP contribution in [0.5, 0.6) is 5.88 Å². The predicted molar refractivity (Wildman–Crippen MR) is 136 cm³/mol. The van der Waals surface area contributed by atoms with Crippen LogP contribution in [0, 0.1) is 24.2 Å². The first-order chi connectivity index (χ1) is 16.7. The summed E-state index contributed by atoms with van der Waals surface area (Å²) in [7, 11) is -3.61. The molecule has 0 bridgehead atoms. The van der Waals surface area contributed by atoms with Crippen LogP contribution in [0.3, 0.4) is 0 Å². The Kier molecular flexibility index (Phi) is 10.6. The molecule has 190 valence electrons. The van der Waals surface area contributed by atoms with E-state index < -0.39 is 15.6 Å². The second-order valence-electron chi connectivity index (χ2n) is 8.56. The number of azo groups is 1. The number of hydrogen-bond donors (Lipinski definition) is 2. The molecule has 2 aromatic rings. The average Bonchev–Trinajstić information content (AvgIpc) is 2.84. The van der Waals surface area contributed by atoms with Gasteiger partial charge in [0.15, 0.2) is 5.69 Å². The third-order valence-corrected chi connectivity index (χ3v) is 7.46. The number of aromatic nitrogens is 1. The quantitative estimate of drug-likeness (QED) is 0.278. The van der Waals surface area contributed by atoms with Crippen LogP contribution in [-0.2, 0) is 16.6 Å². The van der Waals surface area contributed by atoms with E-state index in [0.717, 1.165) is 38.5 Å². The summed E-state index contributed by atoms with van der Waals surface area (Å²) in [5.41, 5.74) is 0.0329. The fraction of sp³-hybridized carbons (Fsp3) is 0.520. The molecular formula is C25H35N5O4S. The summed E-state index contributed by atoms with van der Waals surface area (Å²) in [6.07, 6.45) is 5.42. The average molecular weight is 502 g/mol. The van der Waals surface area contributed by atoms with Crippen LogP contribution in [0.15, 0.2) is 44.2 Å². The number of benzene rings is 1. The zero-order chi connectivity index (χ0) is 26.0. The summed E-state index contributed by atoms with van der Waals surface area (Å²) in [5, 5.41) is 28.7. The van der Waals surface area contributed by atoms with Crippen molar-refractivity contribution in [1.29, 1.82) is 5.26 Å². The summed E-state index contributed by atoms with van der Waals surface area (Å²) >= 11 is 0. The minimum absolute atomic E-state index is 0.0458. The second kappa shape index (κ2) is 13.2. The maximum absolute atomic E-state index is 12.9. The number of aromatic hydroxyl groups is 1. The molecule has 1 atom stereocenters. The molecule has 2 rings (SSSR count). The van der Waals surface area contributed by atoms with Crippen molar-refractivity contribution in [2.24, 2.45) is 16.1 Å². The van der Waals surface area contributed by atoms with Crippen LogP contribution in [0.2, 0.25) is 0 Å². The molecule has 0 aliphatic heterocycles. The smallest absolute Gasteiger partial charge is 0.271 e. The van der Waals surface area contributed by atoms with E-state index in [1.54, 1.807) is 6.92 Å². The number of rotatable bonds is 13. The van der Waals surface area contributed by atoms with E-state index in [9.17, 15) is 23.6 Å². The lowest BCUT2D eigenvalue weighted by Crippen LogP contribution is -2.27. The normalized spacial score (nSPS) is 12.7. The van der Waals surface area contributed by atoms with E-state index in [-0.39, 0.29) is 40.1 Å². The van der Waals surface area contributed by atoms with Crippen molar-refractivity contribution in [2.75, 3.05) is 6.54 Å². The van der Waals surface area contributed by atoms with Crippen molar-refractivity contribution in [3.05, 3.63) is 45.7 Å². The summed E-state index contributed by atoms with van der Waals surface area (Å²) in [6, 6.07) is 7.79. The second-order valence-corrected chi connectivity index (χ2v) is 10.3. The number of unbranched alkanes of at least 4 members (excludes halogenated alkanes) is 2. The summed E-state index contributed by atoms with van der Waals surface area (Å²) in [4.78, 5) is 13.0. The van der Waals surface area contributed by atoms with E-state index in [2.05, 4.69) is 21.9 Å². The van der Waals surface area contributed by atoms with Gasteiger partial charge in [-0.3, -0.25) is 9.36 Å². The Labute approximate surface area is 207 Å². The topological polar surface area (TPSA) is 137 Å². The van der Waals surface area contributed by atoms with Gasteiger partial charge in [-0.2, -0.15) is 10.4 Å². The van der Waals surface area contributed by atoms with Crippen LogP contribution in [0.4, 0.5) is 11.4 Å². The largest absolute Gasteiger partial charge is 0.493 e. The highest BCUT2D eigenvalue weighted by Gasteiger charge is 2.21. The van der Waals surface area contributed by atoms with E-state index in [1.807, 2.05) is 19.9 Å². The molecule has 9 nitrogen and oxygen atoms in total. The van der Waals surface area contributed by atoms with Crippen LogP contribution in [0.1, 0.15) is 70.4 Å². The zero-order valence-electron chi connectivity index (χ0n) is 20.9. The van der Waals surface area contributed by atoms with Gasteiger partial charge in [-0.15, -0.1) is 5.11 Å². The van der Waals surface area contributed by atoms with Gasteiger partial charge < -0.3 is 5.11 Å². The lowest BCUT2D eigenvalue weighted by Gasteiger charge is -2.19. The number of sulfonamides is 1. The van der Waals surface area contributed by atoms with Gasteiger partial charge in [0.1, 0.15) is 11.6 Å². The molecule has 0 saturated heterocycles. The van der Waals surface area contributed by atoms with Gasteiger partial charge in [0, 0.05) is 18.7 Å². The molecule has 2 N–H and O–H groups in total. The molecule has 1 unspecified atom stereocenters. The Balaban J connectivity index is 2.38. The first-order valence-corrected chi connectivity index (χ1v) is 13.6. The highest BCUT2D eigenvalue weighted by molar-refractivity contribution is 7.89. The van der Waals surface area contributed by atoms with Crippen molar-refractivity contribution in [1.82, 2.24) is 9.29 Å². The third kappa shape index (κ3) is 7.23. The molecule has 10 heteroatoms. The fourth-order valence-corrected chi connectivity index (χ4v) is 4.74. The number of pyridine rings is 1. The Morgan fingerprint density at radius 1 is 1.11 bits per heavy atom. The van der Waals surface area contributed by atoms with E-state index >= 15 is 0 Å². The minimum atomic E-state index is -3.61. The molecule has 0 amide bonds. The first kappa shape index (κ1) is 28.2. The molecule has 0 aliphatic carbocycles. The van der Waals surface area contributed by atoms with Crippen LogP contribution in [-0.4, -0.2) is 24.6 Å². The van der Waals surface area contributed by atoms with Crippen LogP contribution in [0.25, 0.3) is 0 Å². The van der Waals surface area contributed by atoms with Gasteiger partial charge in [-0.25, -0.2) is 13.1 Å². The molecule has 0 radical (unpaired) electrons. The first-order valence-electron chi connectivity index (χ1n) is 12.1. The van der Waals surface area contributed by atoms with Gasteiger partial charge in [0.25, 0.3) is 5.56 Å². The standard InChI is InChI=1S/C25H35N5O4S/c1-5-8-10-19(7-3)17-30-24(31)22(16-26)18(4)23(25(30)32)29-28-20-11-13-21(14-12-20)35(33,34)27-15-9-6-2/h11-14,19,27,32H,5-10,15,17H2,1-4H3/b29-28+. The van der Waals surface area contributed by atoms with Gasteiger partial charge in [-0.05, 0) is 49.9 Å². The number of nitriles is 1. The maximum atomic E-state index is 12.9. The Morgan fingerprint density at radius 2 is 1.77 bits per heavy atom. The van der Waals surface area contributed by atoms with Crippen molar-refractivity contribution in [3.63, 3.8) is 0 Å². The monoisotopic (exact) mass is 501 g/mol. The highest BCUT2D eigenvalue weighted by atomic mass is 32.2. The fourth-order valence-electron chi connectivity index (χ4n) is 3.67. The Morgan fingerprint density at radius 3 is 2.34 bits per heavy atom. The van der Waals surface area contributed by atoms with Gasteiger partial charge in [-0.1, -0.05) is 46.5 Å². The number of hydrogen-bond acceptors (Lipinski definition) is 7. The molecule has 1 aromatic carbocycles. The molecular weight excluding hydrogens is 466 g/mol. The molecule has 0 spiro atoms. The van der Waals surface area contributed by atoms with Crippen molar-refractivity contribution < 1.29 is 13.5 Å². The minimum Gasteiger partial charge on any atom is -0.493 e. The Hall–Kier alpha value is -3.03. The SMILES string of the molecule is CCCCNS(=O)(=O)c1ccc(/N=N/c2c(C)c(C#N)c(=O)n(CC(CC)CCCC)c2O)cc1. The molecule has 0 saturated carbocycles. The number of nitrogens with one attached hydrogen (secondary N) is 1. The van der Waals surface area contributed by atoms with Crippen LogP contribution >= 0.6 is 0 Å². The van der Waals surface area contributed by atoms with E-state index in [4.69, 9.17) is 0 Å². The molecule has 0 aliphatic rings. The predicted octanol–water partition coefficient (Wildman–Crippen LogP) is 5.44. The molecule has 1 aromatic heterocycles. The van der Waals surface area contributed by atoms with Gasteiger partial charge in [0.05, 0.1) is 10.6 Å². The Bertz CT molecular complexity index is 1230. The van der Waals surface area contributed by atoms with E-state index in [0.29, 0.717) is 12.2 Å². The van der Waals surface area contributed by atoms with Gasteiger partial charge >= 0.3 is 0 Å².